The summed E-state index contributed by atoms with van der Waals surface area (Å²) in [5, 5.41) is 3.70. The number of hydrogen-bond donors (Lipinski definition) is 1. The van der Waals surface area contributed by atoms with E-state index in [-0.39, 0.29) is 6.04 Å². The average molecular weight is 268 g/mol. The van der Waals surface area contributed by atoms with E-state index in [1.807, 2.05) is 11.3 Å². The molecule has 1 N–H and O–H groups in total. The summed E-state index contributed by atoms with van der Waals surface area (Å²) in [6, 6.07) is 2.41. The molecule has 2 rings (SSSR count). The molecule has 0 aliphatic rings. The molecule has 0 amide bonds. The second-order valence-corrected chi connectivity index (χ2v) is 5.81. The van der Waals surface area contributed by atoms with Gasteiger partial charge in [-0.1, -0.05) is 11.6 Å². The van der Waals surface area contributed by atoms with E-state index in [0.29, 0.717) is 11.0 Å². The van der Waals surface area contributed by atoms with Crippen LogP contribution in [0.5, 0.6) is 0 Å². The summed E-state index contributed by atoms with van der Waals surface area (Å²) in [6.07, 6.45) is 3.20. The molecule has 0 fully saturated rings. The van der Waals surface area contributed by atoms with Crippen molar-refractivity contribution in [2.45, 2.75) is 26.8 Å². The Kier molecular flexibility index (Phi) is 3.64. The molecule has 17 heavy (non-hydrogen) atoms. The maximum Gasteiger partial charge on any atom is 0.149 e. The summed E-state index contributed by atoms with van der Waals surface area (Å²) in [7, 11) is 0. The van der Waals surface area contributed by atoms with E-state index in [9.17, 15) is 0 Å². The van der Waals surface area contributed by atoms with Crippen LogP contribution < -0.4 is 5.32 Å². The third kappa shape index (κ3) is 2.96. The molecule has 0 saturated carbocycles. The highest BCUT2D eigenvalue weighted by Gasteiger charge is 2.11. The number of nitrogens with one attached hydrogen (secondary N) is 1. The molecule has 0 bridgehead atoms. The summed E-state index contributed by atoms with van der Waals surface area (Å²) in [6.45, 7) is 6.36. The molecule has 0 spiro atoms. The van der Waals surface area contributed by atoms with Crippen molar-refractivity contribution in [3.63, 3.8) is 0 Å². The quantitative estimate of drug-likeness (QED) is 0.914. The van der Waals surface area contributed by atoms with Gasteiger partial charge >= 0.3 is 0 Å². The van der Waals surface area contributed by atoms with Crippen molar-refractivity contribution in [3.8, 4) is 0 Å². The first kappa shape index (κ1) is 12.3. The van der Waals surface area contributed by atoms with Gasteiger partial charge in [0.25, 0.3) is 0 Å². The number of rotatable bonds is 3. The Bertz CT molecular complexity index is 524. The van der Waals surface area contributed by atoms with E-state index in [4.69, 9.17) is 11.6 Å². The van der Waals surface area contributed by atoms with Crippen molar-refractivity contribution >= 4 is 28.8 Å². The van der Waals surface area contributed by atoms with Crippen LogP contribution in [0.1, 0.15) is 28.3 Å². The summed E-state index contributed by atoms with van der Waals surface area (Å²) < 4.78 is 0. The van der Waals surface area contributed by atoms with Gasteiger partial charge in [-0.15, -0.1) is 11.3 Å². The topological polar surface area (TPSA) is 37.8 Å². The first-order valence-electron chi connectivity index (χ1n) is 5.37. The lowest BCUT2D eigenvalue weighted by Crippen LogP contribution is -2.08. The number of anilines is 1. The lowest BCUT2D eigenvalue weighted by Gasteiger charge is -2.14. The van der Waals surface area contributed by atoms with Gasteiger partial charge in [-0.25, -0.2) is 4.98 Å². The Morgan fingerprint density at radius 2 is 2.12 bits per heavy atom. The van der Waals surface area contributed by atoms with E-state index >= 15 is 0 Å². The van der Waals surface area contributed by atoms with Gasteiger partial charge in [0.05, 0.1) is 18.4 Å². The van der Waals surface area contributed by atoms with E-state index in [0.717, 1.165) is 0 Å². The molecule has 0 aliphatic heterocycles. The minimum Gasteiger partial charge on any atom is -0.362 e. The highest BCUT2D eigenvalue weighted by atomic mass is 35.5. The monoisotopic (exact) mass is 267 g/mol. The van der Waals surface area contributed by atoms with Gasteiger partial charge in [-0.05, 0) is 32.4 Å². The third-order valence-electron chi connectivity index (χ3n) is 2.52. The highest BCUT2D eigenvalue weighted by Crippen LogP contribution is 2.28. The van der Waals surface area contributed by atoms with Crippen molar-refractivity contribution < 1.29 is 0 Å². The fourth-order valence-corrected chi connectivity index (χ4v) is 2.96. The Morgan fingerprint density at radius 3 is 2.71 bits per heavy atom. The Hall–Kier alpha value is -1.13. The van der Waals surface area contributed by atoms with Crippen LogP contribution in [0.2, 0.25) is 5.15 Å². The van der Waals surface area contributed by atoms with Gasteiger partial charge in [0.1, 0.15) is 11.0 Å². The number of nitrogens with zero attached hydrogens (tertiary/aromatic N) is 2. The number of aromatic nitrogens is 2. The third-order valence-corrected chi connectivity index (χ3v) is 3.68. The molecule has 0 aliphatic carbocycles. The maximum absolute atomic E-state index is 5.80. The fraction of sp³-hybridized carbons (Fsp3) is 0.333. The van der Waals surface area contributed by atoms with Crippen LogP contribution in [-0.4, -0.2) is 9.97 Å². The SMILES string of the molecule is Cc1cc(C(C)Nc2cncc(Cl)n2)c(C)s1. The van der Waals surface area contributed by atoms with Crippen LogP contribution in [-0.2, 0) is 0 Å². The number of thiophene rings is 1. The zero-order chi connectivity index (χ0) is 12.4. The molecule has 3 nitrogen and oxygen atoms in total. The molecule has 0 saturated heterocycles. The lowest BCUT2D eigenvalue weighted by molar-refractivity contribution is 0.868. The molecule has 2 aromatic rings. The number of halogens is 1. The fourth-order valence-electron chi connectivity index (χ4n) is 1.79. The van der Waals surface area contributed by atoms with Crippen molar-refractivity contribution in [1.82, 2.24) is 9.97 Å². The minimum absolute atomic E-state index is 0.202. The molecular weight excluding hydrogens is 254 g/mol. The summed E-state index contributed by atoms with van der Waals surface area (Å²) >= 11 is 7.61. The van der Waals surface area contributed by atoms with Crippen LogP contribution in [0.25, 0.3) is 0 Å². The van der Waals surface area contributed by atoms with Crippen LogP contribution >= 0.6 is 22.9 Å². The zero-order valence-electron chi connectivity index (χ0n) is 9.99. The number of hydrogen-bond acceptors (Lipinski definition) is 4. The average Bonchev–Trinajstić information content (AvgIpc) is 2.58. The lowest BCUT2D eigenvalue weighted by atomic mass is 10.1. The van der Waals surface area contributed by atoms with E-state index < -0.39 is 0 Å². The molecular formula is C12H14ClN3S. The van der Waals surface area contributed by atoms with Crippen molar-refractivity contribution in [3.05, 3.63) is 38.9 Å². The van der Waals surface area contributed by atoms with Gasteiger partial charge in [-0.3, -0.25) is 4.98 Å². The van der Waals surface area contributed by atoms with Gasteiger partial charge in [0, 0.05) is 9.75 Å². The van der Waals surface area contributed by atoms with E-state index in [1.165, 1.54) is 21.5 Å². The standard InChI is InChI=1S/C12H14ClN3S/c1-7-4-10(9(3)17-7)8(2)15-12-6-14-5-11(13)16-12/h4-6,8H,1-3H3,(H,15,16). The second kappa shape index (κ2) is 5.02. The Balaban J connectivity index is 2.16. The number of aryl methyl sites for hydroxylation is 2. The normalized spacial score (nSPS) is 12.5. The minimum atomic E-state index is 0.202. The van der Waals surface area contributed by atoms with Gasteiger partial charge in [0.15, 0.2) is 0 Å². The smallest absolute Gasteiger partial charge is 0.149 e. The highest BCUT2D eigenvalue weighted by molar-refractivity contribution is 7.12. The maximum atomic E-state index is 5.80. The van der Waals surface area contributed by atoms with Crippen LogP contribution in [0.3, 0.4) is 0 Å². The largest absolute Gasteiger partial charge is 0.362 e. The summed E-state index contributed by atoms with van der Waals surface area (Å²) in [5.41, 5.74) is 1.30. The molecule has 0 aromatic carbocycles. The first-order valence-corrected chi connectivity index (χ1v) is 6.56. The van der Waals surface area contributed by atoms with E-state index in [2.05, 4.69) is 42.1 Å². The molecule has 1 unspecified atom stereocenters. The first-order chi connectivity index (χ1) is 8.06. The van der Waals surface area contributed by atoms with Gasteiger partial charge in [-0.2, -0.15) is 0 Å². The van der Waals surface area contributed by atoms with Crippen molar-refractivity contribution in [2.24, 2.45) is 0 Å². The Labute approximate surface area is 110 Å². The molecule has 90 valence electrons. The summed E-state index contributed by atoms with van der Waals surface area (Å²) in [4.78, 5) is 10.8. The van der Waals surface area contributed by atoms with Crippen LogP contribution in [0.4, 0.5) is 5.82 Å². The van der Waals surface area contributed by atoms with Crippen LogP contribution in [0, 0.1) is 13.8 Å². The van der Waals surface area contributed by atoms with Crippen molar-refractivity contribution in [2.75, 3.05) is 5.32 Å². The molecule has 1 atom stereocenters. The van der Waals surface area contributed by atoms with Gasteiger partial charge in [0.2, 0.25) is 0 Å². The predicted molar refractivity (Wildman–Crippen MR) is 72.9 cm³/mol. The van der Waals surface area contributed by atoms with Crippen LogP contribution in [0.15, 0.2) is 18.5 Å². The molecule has 5 heteroatoms. The molecule has 2 heterocycles. The summed E-state index contributed by atoms with van der Waals surface area (Å²) in [5.74, 6) is 0.702. The van der Waals surface area contributed by atoms with Gasteiger partial charge < -0.3 is 5.32 Å². The van der Waals surface area contributed by atoms with E-state index in [1.54, 1.807) is 6.20 Å². The molecule has 2 aromatic heterocycles. The zero-order valence-corrected chi connectivity index (χ0v) is 11.6. The van der Waals surface area contributed by atoms with Crippen molar-refractivity contribution in [1.29, 1.82) is 0 Å². The predicted octanol–water partition coefficient (Wildman–Crippen LogP) is 3.98. The molecule has 0 radical (unpaired) electrons. The second-order valence-electron chi connectivity index (χ2n) is 3.96. The Morgan fingerprint density at radius 1 is 1.35 bits per heavy atom.